The van der Waals surface area contributed by atoms with Crippen molar-refractivity contribution in [2.75, 3.05) is 31.9 Å². The molecule has 3 N–H and O–H groups in total. The van der Waals surface area contributed by atoms with Gasteiger partial charge in [0, 0.05) is 18.8 Å². The van der Waals surface area contributed by atoms with Crippen LogP contribution >= 0.6 is 0 Å². The smallest absolute Gasteiger partial charge is 0.268 e. The minimum absolute atomic E-state index is 0.0246. The molecule has 116 valence electrons. The summed E-state index contributed by atoms with van der Waals surface area (Å²) in [5.74, 6) is 0.634. The number of carbonyl (C=O) groups is 1. The molecular weight excluding hydrogens is 264 g/mol. The molecule has 0 atom stereocenters. The third kappa shape index (κ3) is 3.40. The largest absolute Gasteiger partial charge is 0.397 e. The van der Waals surface area contributed by atoms with Gasteiger partial charge in [-0.25, -0.2) is 0 Å². The van der Waals surface area contributed by atoms with Gasteiger partial charge in [-0.2, -0.15) is 0 Å². The number of nitrogens with two attached hydrogens (primary N) is 1. The number of hydrogen-bond donors (Lipinski definition) is 2. The summed E-state index contributed by atoms with van der Waals surface area (Å²) in [5.41, 5.74) is 7.25. The second-order valence-electron chi connectivity index (χ2n) is 6.38. The molecule has 2 aliphatic rings. The van der Waals surface area contributed by atoms with Gasteiger partial charge in [-0.1, -0.05) is 6.92 Å². The summed E-state index contributed by atoms with van der Waals surface area (Å²) in [5, 5.41) is 3.10. The first kappa shape index (κ1) is 14.4. The monoisotopic (exact) mass is 290 g/mol. The zero-order chi connectivity index (χ0) is 14.8. The van der Waals surface area contributed by atoms with Crippen LogP contribution in [0, 0.1) is 5.92 Å². The van der Waals surface area contributed by atoms with Crippen LogP contribution in [0.15, 0.2) is 12.3 Å². The van der Waals surface area contributed by atoms with Crippen molar-refractivity contribution in [1.29, 1.82) is 0 Å². The van der Waals surface area contributed by atoms with Gasteiger partial charge in [-0.3, -0.25) is 4.79 Å². The number of aromatic nitrogens is 1. The third-order valence-electron chi connectivity index (χ3n) is 4.75. The standard InChI is InChI=1S/C16H26N4O/c1-2-19-7-5-12(6-8-19)10-18-16(21)15-9-13(17)11-20(15)14-3-4-14/h9,11-12,14H,2-8,10,17H2,1H3,(H,18,21). The van der Waals surface area contributed by atoms with Crippen molar-refractivity contribution in [3.05, 3.63) is 18.0 Å². The van der Waals surface area contributed by atoms with Gasteiger partial charge in [0.2, 0.25) is 0 Å². The number of likely N-dealkylation sites (tertiary alicyclic amines) is 1. The van der Waals surface area contributed by atoms with Gasteiger partial charge in [0.25, 0.3) is 5.91 Å². The summed E-state index contributed by atoms with van der Waals surface area (Å²) in [6.45, 7) is 6.43. The van der Waals surface area contributed by atoms with Crippen LogP contribution in [0.3, 0.4) is 0 Å². The van der Waals surface area contributed by atoms with Gasteiger partial charge in [0.1, 0.15) is 5.69 Å². The van der Waals surface area contributed by atoms with E-state index in [2.05, 4.69) is 17.1 Å². The zero-order valence-corrected chi connectivity index (χ0v) is 12.8. The van der Waals surface area contributed by atoms with Crippen molar-refractivity contribution in [3.63, 3.8) is 0 Å². The number of nitrogen functional groups attached to an aromatic ring is 1. The molecular formula is C16H26N4O. The highest BCUT2D eigenvalue weighted by molar-refractivity contribution is 5.93. The van der Waals surface area contributed by atoms with Crippen LogP contribution < -0.4 is 11.1 Å². The molecule has 5 heteroatoms. The Bertz CT molecular complexity index is 498. The Hall–Kier alpha value is -1.49. The Morgan fingerprint density at radius 2 is 2.05 bits per heavy atom. The molecule has 0 unspecified atom stereocenters. The summed E-state index contributed by atoms with van der Waals surface area (Å²) in [6, 6.07) is 2.28. The Kier molecular flexibility index (Phi) is 4.19. The lowest BCUT2D eigenvalue weighted by Crippen LogP contribution is -2.38. The second kappa shape index (κ2) is 6.10. The Morgan fingerprint density at radius 1 is 1.33 bits per heavy atom. The third-order valence-corrected chi connectivity index (χ3v) is 4.75. The Balaban J connectivity index is 1.53. The van der Waals surface area contributed by atoms with E-state index in [9.17, 15) is 4.79 Å². The van der Waals surface area contributed by atoms with Crippen LogP contribution in [0.4, 0.5) is 5.69 Å². The van der Waals surface area contributed by atoms with Gasteiger partial charge in [-0.05, 0) is 57.3 Å². The molecule has 0 aromatic carbocycles. The molecule has 1 aliphatic carbocycles. The van der Waals surface area contributed by atoms with Gasteiger partial charge in [0.15, 0.2) is 0 Å². The normalized spacial score (nSPS) is 20.6. The maximum atomic E-state index is 12.4. The number of nitrogens with zero attached hydrogens (tertiary/aromatic N) is 2. The van der Waals surface area contributed by atoms with E-state index in [4.69, 9.17) is 5.73 Å². The predicted octanol–water partition coefficient (Wildman–Crippen LogP) is 1.87. The van der Waals surface area contributed by atoms with Crippen molar-refractivity contribution < 1.29 is 4.79 Å². The fourth-order valence-corrected chi connectivity index (χ4v) is 3.17. The van der Waals surface area contributed by atoms with Gasteiger partial charge in [-0.15, -0.1) is 0 Å². The predicted molar refractivity (Wildman–Crippen MR) is 84.3 cm³/mol. The molecule has 0 spiro atoms. The highest BCUT2D eigenvalue weighted by Gasteiger charge is 2.28. The van der Waals surface area contributed by atoms with Crippen molar-refractivity contribution in [1.82, 2.24) is 14.8 Å². The highest BCUT2D eigenvalue weighted by Crippen LogP contribution is 2.37. The van der Waals surface area contributed by atoms with E-state index in [0.717, 1.165) is 44.7 Å². The summed E-state index contributed by atoms with van der Waals surface area (Å²) in [7, 11) is 0. The number of carbonyl (C=O) groups excluding carboxylic acids is 1. The van der Waals surface area contributed by atoms with Gasteiger partial charge in [0.05, 0.1) is 5.69 Å². The van der Waals surface area contributed by atoms with Crippen LogP contribution in [0.5, 0.6) is 0 Å². The molecule has 1 aromatic heterocycles. The van der Waals surface area contributed by atoms with Crippen LogP contribution in [-0.4, -0.2) is 41.6 Å². The van der Waals surface area contributed by atoms with Gasteiger partial charge >= 0.3 is 0 Å². The summed E-state index contributed by atoms with van der Waals surface area (Å²) in [6.07, 6.45) is 6.57. The molecule has 5 nitrogen and oxygen atoms in total. The fraction of sp³-hybridized carbons (Fsp3) is 0.688. The number of piperidine rings is 1. The molecule has 1 aromatic rings. The molecule has 1 amide bonds. The lowest BCUT2D eigenvalue weighted by molar-refractivity contribution is 0.0927. The van der Waals surface area contributed by atoms with Crippen molar-refractivity contribution >= 4 is 11.6 Å². The van der Waals surface area contributed by atoms with E-state index in [-0.39, 0.29) is 5.91 Å². The molecule has 1 aliphatic heterocycles. The van der Waals surface area contributed by atoms with Crippen LogP contribution in [0.1, 0.15) is 49.1 Å². The van der Waals surface area contributed by atoms with E-state index >= 15 is 0 Å². The Morgan fingerprint density at radius 3 is 2.67 bits per heavy atom. The summed E-state index contributed by atoms with van der Waals surface area (Å²) in [4.78, 5) is 14.8. The quantitative estimate of drug-likeness (QED) is 0.870. The average Bonchev–Trinajstić information content (AvgIpc) is 3.27. The fourth-order valence-electron chi connectivity index (χ4n) is 3.17. The molecule has 0 bridgehead atoms. The molecule has 2 heterocycles. The van der Waals surface area contributed by atoms with E-state index in [0.29, 0.717) is 17.6 Å². The van der Waals surface area contributed by atoms with Gasteiger partial charge < -0.3 is 20.5 Å². The van der Waals surface area contributed by atoms with Crippen molar-refractivity contribution in [3.8, 4) is 0 Å². The van der Waals surface area contributed by atoms with E-state index in [1.807, 2.05) is 10.8 Å². The number of nitrogens with one attached hydrogen (secondary N) is 1. The maximum absolute atomic E-state index is 12.4. The summed E-state index contributed by atoms with van der Waals surface area (Å²) >= 11 is 0. The van der Waals surface area contributed by atoms with Crippen molar-refractivity contribution in [2.24, 2.45) is 5.92 Å². The second-order valence-corrected chi connectivity index (χ2v) is 6.38. The lowest BCUT2D eigenvalue weighted by Gasteiger charge is -2.31. The Labute approximate surface area is 126 Å². The van der Waals surface area contributed by atoms with E-state index in [1.165, 1.54) is 12.8 Å². The first-order valence-electron chi connectivity index (χ1n) is 8.15. The first-order valence-corrected chi connectivity index (χ1v) is 8.15. The number of amides is 1. The van der Waals surface area contributed by atoms with E-state index in [1.54, 1.807) is 6.07 Å². The molecule has 2 fully saturated rings. The molecule has 0 radical (unpaired) electrons. The SMILES string of the molecule is CCN1CCC(CNC(=O)c2cc(N)cn2C2CC2)CC1. The summed E-state index contributed by atoms with van der Waals surface area (Å²) < 4.78 is 2.05. The van der Waals surface area contributed by atoms with Crippen LogP contribution in [-0.2, 0) is 0 Å². The molecule has 3 rings (SSSR count). The number of hydrogen-bond acceptors (Lipinski definition) is 3. The highest BCUT2D eigenvalue weighted by atomic mass is 16.1. The first-order chi connectivity index (χ1) is 10.2. The van der Waals surface area contributed by atoms with E-state index < -0.39 is 0 Å². The lowest BCUT2D eigenvalue weighted by atomic mass is 9.97. The zero-order valence-electron chi connectivity index (χ0n) is 12.8. The molecule has 1 saturated carbocycles. The maximum Gasteiger partial charge on any atom is 0.268 e. The van der Waals surface area contributed by atoms with Crippen LogP contribution in [0.25, 0.3) is 0 Å². The molecule has 1 saturated heterocycles. The number of rotatable bonds is 5. The molecule has 21 heavy (non-hydrogen) atoms. The number of anilines is 1. The van der Waals surface area contributed by atoms with Crippen molar-refractivity contribution in [2.45, 2.75) is 38.6 Å². The minimum atomic E-state index is 0.0246. The van der Waals surface area contributed by atoms with Crippen LogP contribution in [0.2, 0.25) is 0 Å². The average molecular weight is 290 g/mol. The minimum Gasteiger partial charge on any atom is -0.397 e. The topological polar surface area (TPSA) is 63.3 Å².